The number of hydrogen-bond donors (Lipinski definition) is 2. The molecule has 0 heterocycles. The van der Waals surface area contributed by atoms with Gasteiger partial charge in [0.1, 0.15) is 0 Å². The lowest BCUT2D eigenvalue weighted by Gasteiger charge is -2.04. The number of nitrogens with one attached hydrogen (secondary N) is 1. The molecule has 5 heteroatoms. The maximum Gasteiger partial charge on any atom is 0.277 e. The minimum atomic E-state index is -0.906. The number of benzene rings is 1. The Kier molecular flexibility index (Phi) is 2.81. The van der Waals surface area contributed by atoms with E-state index in [-0.39, 0.29) is 11.3 Å². The van der Waals surface area contributed by atoms with Crippen LogP contribution in [0, 0.1) is 5.82 Å². The van der Waals surface area contributed by atoms with Crippen molar-refractivity contribution >= 4 is 5.91 Å². The second-order valence-electron chi connectivity index (χ2n) is 2.26. The van der Waals surface area contributed by atoms with E-state index in [1.54, 1.807) is 0 Å². The van der Waals surface area contributed by atoms with Gasteiger partial charge in [-0.15, -0.1) is 0 Å². The standard InChI is InChI=1S/C8H8FNO3/c1-13-6-4-2-3-5(7(6)9)8(11)10-12/h2-4,12H,1H3,(H,10,11). The Labute approximate surface area is 73.9 Å². The number of hydroxylamine groups is 1. The van der Waals surface area contributed by atoms with Crippen LogP contribution in [0.1, 0.15) is 10.4 Å². The molecule has 13 heavy (non-hydrogen) atoms. The third kappa shape index (κ3) is 1.75. The minimum absolute atomic E-state index is 0.0406. The average molecular weight is 185 g/mol. The number of carbonyl (C=O) groups excluding carboxylic acids is 1. The molecular formula is C8H8FNO3. The molecule has 0 saturated heterocycles. The average Bonchev–Trinajstić information content (AvgIpc) is 2.17. The number of amides is 1. The Morgan fingerprint density at radius 3 is 2.85 bits per heavy atom. The van der Waals surface area contributed by atoms with Gasteiger partial charge in [0.25, 0.3) is 5.91 Å². The van der Waals surface area contributed by atoms with E-state index in [0.29, 0.717) is 0 Å². The molecule has 4 nitrogen and oxygen atoms in total. The molecule has 1 amide bonds. The lowest BCUT2D eigenvalue weighted by atomic mass is 10.2. The van der Waals surface area contributed by atoms with Crippen LogP contribution < -0.4 is 10.2 Å². The molecule has 1 rings (SSSR count). The van der Waals surface area contributed by atoms with Crippen molar-refractivity contribution in [3.05, 3.63) is 29.6 Å². The van der Waals surface area contributed by atoms with E-state index in [0.717, 1.165) is 0 Å². The molecule has 0 aliphatic rings. The molecule has 0 unspecified atom stereocenters. The van der Waals surface area contributed by atoms with E-state index in [4.69, 9.17) is 5.21 Å². The van der Waals surface area contributed by atoms with Gasteiger partial charge in [-0.1, -0.05) is 6.07 Å². The fourth-order valence-electron chi connectivity index (χ4n) is 0.904. The first kappa shape index (κ1) is 9.47. The largest absolute Gasteiger partial charge is 0.494 e. The summed E-state index contributed by atoms with van der Waals surface area (Å²) in [6, 6.07) is 4.07. The number of carbonyl (C=O) groups is 1. The Morgan fingerprint density at radius 2 is 2.31 bits per heavy atom. The molecule has 0 bridgehead atoms. The van der Waals surface area contributed by atoms with Gasteiger partial charge >= 0.3 is 0 Å². The smallest absolute Gasteiger partial charge is 0.277 e. The lowest BCUT2D eigenvalue weighted by molar-refractivity contribution is 0.0701. The van der Waals surface area contributed by atoms with E-state index < -0.39 is 11.7 Å². The fourth-order valence-corrected chi connectivity index (χ4v) is 0.904. The van der Waals surface area contributed by atoms with E-state index in [9.17, 15) is 9.18 Å². The van der Waals surface area contributed by atoms with Crippen LogP contribution >= 0.6 is 0 Å². The van der Waals surface area contributed by atoms with Gasteiger partial charge < -0.3 is 4.74 Å². The summed E-state index contributed by atoms with van der Waals surface area (Å²) in [5, 5.41) is 8.27. The summed E-state index contributed by atoms with van der Waals surface area (Å²) < 4.78 is 17.9. The molecule has 70 valence electrons. The van der Waals surface area contributed by atoms with Crippen LogP contribution in [-0.4, -0.2) is 18.2 Å². The van der Waals surface area contributed by atoms with Gasteiger partial charge in [0.05, 0.1) is 12.7 Å². The zero-order valence-corrected chi connectivity index (χ0v) is 6.87. The van der Waals surface area contributed by atoms with Crippen LogP contribution in [0.4, 0.5) is 4.39 Å². The highest BCUT2D eigenvalue weighted by Gasteiger charge is 2.14. The molecule has 1 aromatic rings. The molecule has 0 atom stereocenters. The summed E-state index contributed by atoms with van der Waals surface area (Å²) in [5.74, 6) is -1.74. The van der Waals surface area contributed by atoms with Gasteiger partial charge in [-0.2, -0.15) is 0 Å². The normalized spacial score (nSPS) is 9.46. The Hall–Kier alpha value is -1.62. The third-order valence-electron chi connectivity index (χ3n) is 1.53. The lowest BCUT2D eigenvalue weighted by Crippen LogP contribution is -2.20. The predicted molar refractivity (Wildman–Crippen MR) is 42.2 cm³/mol. The number of halogens is 1. The van der Waals surface area contributed by atoms with E-state index in [2.05, 4.69) is 4.74 Å². The number of hydrogen-bond acceptors (Lipinski definition) is 3. The summed E-state index contributed by atoms with van der Waals surface area (Å²) in [5.41, 5.74) is 1.08. The van der Waals surface area contributed by atoms with E-state index >= 15 is 0 Å². The van der Waals surface area contributed by atoms with Crippen molar-refractivity contribution in [3.63, 3.8) is 0 Å². The second-order valence-corrected chi connectivity index (χ2v) is 2.26. The minimum Gasteiger partial charge on any atom is -0.494 e. The van der Waals surface area contributed by atoms with Crippen LogP contribution in [0.3, 0.4) is 0 Å². The van der Waals surface area contributed by atoms with Crippen LogP contribution in [-0.2, 0) is 0 Å². The van der Waals surface area contributed by atoms with Crippen molar-refractivity contribution in [2.24, 2.45) is 0 Å². The number of methoxy groups -OCH3 is 1. The van der Waals surface area contributed by atoms with Crippen molar-refractivity contribution in [1.29, 1.82) is 0 Å². The van der Waals surface area contributed by atoms with Crippen LogP contribution in [0.25, 0.3) is 0 Å². The van der Waals surface area contributed by atoms with Gasteiger partial charge in [0.2, 0.25) is 0 Å². The molecule has 0 spiro atoms. The molecule has 2 N–H and O–H groups in total. The molecule has 0 saturated carbocycles. The Bertz CT molecular complexity index is 327. The summed E-state index contributed by atoms with van der Waals surface area (Å²) in [4.78, 5) is 10.8. The molecule has 0 radical (unpaired) electrons. The monoisotopic (exact) mass is 185 g/mol. The Morgan fingerprint density at radius 1 is 1.62 bits per heavy atom. The van der Waals surface area contributed by atoms with Gasteiger partial charge in [0, 0.05) is 0 Å². The summed E-state index contributed by atoms with van der Waals surface area (Å²) in [7, 11) is 1.29. The van der Waals surface area contributed by atoms with Gasteiger partial charge in [-0.25, -0.2) is 9.87 Å². The molecule has 0 aliphatic carbocycles. The highest BCUT2D eigenvalue weighted by molar-refractivity contribution is 5.94. The van der Waals surface area contributed by atoms with Gasteiger partial charge in [0.15, 0.2) is 11.6 Å². The molecule has 0 fully saturated rings. The molecule has 1 aromatic carbocycles. The second kappa shape index (κ2) is 3.86. The predicted octanol–water partition coefficient (Wildman–Crippen LogP) is 0.953. The first-order valence-corrected chi connectivity index (χ1v) is 3.47. The number of ether oxygens (including phenoxy) is 1. The quantitative estimate of drug-likeness (QED) is 0.532. The van der Waals surface area contributed by atoms with Crippen molar-refractivity contribution in [2.75, 3.05) is 7.11 Å². The fraction of sp³-hybridized carbons (Fsp3) is 0.125. The van der Waals surface area contributed by atoms with Crippen molar-refractivity contribution in [3.8, 4) is 5.75 Å². The maximum absolute atomic E-state index is 13.2. The van der Waals surface area contributed by atoms with Gasteiger partial charge in [-0.05, 0) is 12.1 Å². The molecular weight excluding hydrogens is 177 g/mol. The Balaban J connectivity index is 3.15. The van der Waals surface area contributed by atoms with Crippen molar-refractivity contribution < 1.29 is 19.1 Å². The highest BCUT2D eigenvalue weighted by Crippen LogP contribution is 2.19. The zero-order valence-electron chi connectivity index (χ0n) is 6.87. The van der Waals surface area contributed by atoms with Crippen LogP contribution in [0.15, 0.2) is 18.2 Å². The van der Waals surface area contributed by atoms with Crippen LogP contribution in [0.5, 0.6) is 5.75 Å². The van der Waals surface area contributed by atoms with Gasteiger partial charge in [-0.3, -0.25) is 10.0 Å². The maximum atomic E-state index is 13.2. The third-order valence-corrected chi connectivity index (χ3v) is 1.53. The van der Waals surface area contributed by atoms with E-state index in [1.807, 2.05) is 0 Å². The topological polar surface area (TPSA) is 58.6 Å². The molecule has 0 aliphatic heterocycles. The van der Waals surface area contributed by atoms with Crippen molar-refractivity contribution in [1.82, 2.24) is 5.48 Å². The van der Waals surface area contributed by atoms with E-state index in [1.165, 1.54) is 30.8 Å². The first-order chi connectivity index (χ1) is 6.20. The number of rotatable bonds is 2. The summed E-state index contributed by atoms with van der Waals surface area (Å²) in [6.45, 7) is 0. The summed E-state index contributed by atoms with van der Waals surface area (Å²) >= 11 is 0. The zero-order chi connectivity index (χ0) is 9.84. The highest BCUT2D eigenvalue weighted by atomic mass is 19.1. The molecule has 0 aromatic heterocycles. The SMILES string of the molecule is COc1cccc(C(=O)NO)c1F. The first-order valence-electron chi connectivity index (χ1n) is 3.47. The van der Waals surface area contributed by atoms with Crippen LogP contribution in [0.2, 0.25) is 0 Å². The summed E-state index contributed by atoms with van der Waals surface area (Å²) in [6.07, 6.45) is 0. The van der Waals surface area contributed by atoms with Crippen molar-refractivity contribution in [2.45, 2.75) is 0 Å².